The first kappa shape index (κ1) is 13.2. The number of hydrogen-bond acceptors (Lipinski definition) is 4. The molecule has 98 valence electrons. The van der Waals surface area contributed by atoms with E-state index in [9.17, 15) is 4.79 Å². The van der Waals surface area contributed by atoms with Gasteiger partial charge >= 0.3 is 0 Å². The van der Waals surface area contributed by atoms with Crippen molar-refractivity contribution >= 4 is 17.7 Å². The molecule has 3 aliphatic rings. The van der Waals surface area contributed by atoms with Crippen molar-refractivity contribution in [2.24, 2.45) is 5.41 Å². The molecule has 0 aromatic rings. The summed E-state index contributed by atoms with van der Waals surface area (Å²) in [5.74, 6) is 1.15. The van der Waals surface area contributed by atoms with E-state index < -0.39 is 0 Å². The van der Waals surface area contributed by atoms with Crippen molar-refractivity contribution in [1.82, 2.24) is 5.32 Å². The van der Waals surface area contributed by atoms with Gasteiger partial charge in [0.2, 0.25) is 5.91 Å². The minimum Gasteiger partial charge on any atom is -0.396 e. The molecule has 0 aromatic heterocycles. The molecule has 3 fully saturated rings. The lowest BCUT2D eigenvalue weighted by Gasteiger charge is -2.46. The Bertz CT molecular complexity index is 251. The number of thioether (sulfide) groups is 1. The first-order valence-corrected chi connectivity index (χ1v) is 7.46. The summed E-state index contributed by atoms with van der Waals surface area (Å²) in [4.78, 5) is 11.6. The Hall–Kier alpha value is -0.260. The number of amides is 1. The zero-order valence-electron chi connectivity index (χ0n) is 10.1. The van der Waals surface area contributed by atoms with Crippen LogP contribution in [0.2, 0.25) is 0 Å². The highest BCUT2D eigenvalue weighted by molar-refractivity contribution is 7.99. The van der Waals surface area contributed by atoms with E-state index in [1.54, 1.807) is 0 Å². The van der Waals surface area contributed by atoms with Crippen molar-refractivity contribution in [3.8, 4) is 0 Å². The molecular formula is C12H21NO3S. The molecule has 1 saturated carbocycles. The van der Waals surface area contributed by atoms with E-state index in [2.05, 4.69) is 5.32 Å². The highest BCUT2D eigenvalue weighted by atomic mass is 32.2. The molecule has 2 N–H and O–H groups in total. The summed E-state index contributed by atoms with van der Waals surface area (Å²) in [6.07, 6.45) is 5.14. The largest absolute Gasteiger partial charge is 0.396 e. The zero-order valence-corrected chi connectivity index (χ0v) is 10.9. The summed E-state index contributed by atoms with van der Waals surface area (Å²) in [6.45, 7) is 1.69. The molecule has 2 aliphatic heterocycles. The van der Waals surface area contributed by atoms with Gasteiger partial charge in [-0.05, 0) is 25.7 Å². The topological polar surface area (TPSA) is 58.6 Å². The third-order valence-electron chi connectivity index (χ3n) is 3.75. The molecule has 4 nitrogen and oxygen atoms in total. The fraction of sp³-hybridized carbons (Fsp3) is 0.917. The van der Waals surface area contributed by atoms with Crippen LogP contribution in [-0.4, -0.2) is 48.4 Å². The molecular weight excluding hydrogens is 238 g/mol. The van der Waals surface area contributed by atoms with Crippen LogP contribution in [0.15, 0.2) is 0 Å². The third kappa shape index (κ3) is 3.60. The van der Waals surface area contributed by atoms with E-state index in [4.69, 9.17) is 9.84 Å². The van der Waals surface area contributed by atoms with Gasteiger partial charge in [0.1, 0.15) is 0 Å². The maximum Gasteiger partial charge on any atom is 0.230 e. The minimum atomic E-state index is 0.0746. The number of hydrogen-bond donors (Lipinski definition) is 2. The predicted molar refractivity (Wildman–Crippen MR) is 68.1 cm³/mol. The van der Waals surface area contributed by atoms with Gasteiger partial charge in [-0.15, -0.1) is 11.8 Å². The standard InChI is InChI=1S/C12H21NO3S/c14-5-6-17-7-11(15)13-8-12-3-1-10(2-4-12)16-9-12/h10,14H,1-9H2,(H,13,15). The van der Waals surface area contributed by atoms with Crippen LogP contribution in [0.5, 0.6) is 0 Å². The van der Waals surface area contributed by atoms with Gasteiger partial charge in [-0.2, -0.15) is 0 Å². The Morgan fingerprint density at radius 2 is 2.24 bits per heavy atom. The maximum absolute atomic E-state index is 11.6. The highest BCUT2D eigenvalue weighted by Gasteiger charge is 2.41. The van der Waals surface area contributed by atoms with Gasteiger partial charge in [0.15, 0.2) is 0 Å². The number of aliphatic hydroxyl groups is 1. The average Bonchev–Trinajstić information content (AvgIpc) is 2.39. The molecule has 1 aliphatic carbocycles. The number of nitrogens with one attached hydrogen (secondary N) is 1. The first-order valence-electron chi connectivity index (χ1n) is 6.31. The van der Waals surface area contributed by atoms with E-state index in [1.165, 1.54) is 24.6 Å². The number of carbonyl (C=O) groups excluding carboxylic acids is 1. The minimum absolute atomic E-state index is 0.0746. The van der Waals surface area contributed by atoms with Crippen LogP contribution in [0, 0.1) is 5.41 Å². The average molecular weight is 259 g/mol. The van der Waals surface area contributed by atoms with E-state index >= 15 is 0 Å². The summed E-state index contributed by atoms with van der Waals surface area (Å²) in [5.41, 5.74) is 0.200. The zero-order chi connectivity index (χ0) is 12.1. The Kier molecular flexibility index (Phi) is 4.70. The Morgan fingerprint density at radius 1 is 1.47 bits per heavy atom. The molecule has 1 amide bonds. The summed E-state index contributed by atoms with van der Waals surface area (Å²) in [7, 11) is 0. The second-order valence-electron chi connectivity index (χ2n) is 5.06. The number of rotatable bonds is 6. The second kappa shape index (κ2) is 6.07. The molecule has 0 aromatic carbocycles. The number of carbonyl (C=O) groups is 1. The Labute approximate surface area is 106 Å². The molecule has 3 rings (SSSR count). The fourth-order valence-electron chi connectivity index (χ4n) is 2.60. The van der Waals surface area contributed by atoms with E-state index in [1.807, 2.05) is 0 Å². The smallest absolute Gasteiger partial charge is 0.230 e. The molecule has 0 spiro atoms. The maximum atomic E-state index is 11.6. The number of fused-ring (bicyclic) bond motifs is 3. The van der Waals surface area contributed by atoms with Crippen LogP contribution in [0.3, 0.4) is 0 Å². The molecule has 2 saturated heterocycles. The summed E-state index contributed by atoms with van der Waals surface area (Å²) in [5, 5.41) is 11.6. The summed E-state index contributed by atoms with van der Waals surface area (Å²) >= 11 is 1.47. The molecule has 2 heterocycles. The van der Waals surface area contributed by atoms with Crippen molar-refractivity contribution in [2.75, 3.05) is 31.3 Å². The fourth-order valence-corrected chi connectivity index (χ4v) is 3.16. The van der Waals surface area contributed by atoms with Crippen molar-refractivity contribution < 1.29 is 14.6 Å². The first-order chi connectivity index (χ1) is 8.24. The van der Waals surface area contributed by atoms with Crippen LogP contribution in [0.4, 0.5) is 0 Å². The van der Waals surface area contributed by atoms with Gasteiger partial charge in [-0.25, -0.2) is 0 Å². The molecule has 0 radical (unpaired) electrons. The van der Waals surface area contributed by atoms with Gasteiger partial charge in [0.25, 0.3) is 0 Å². The summed E-state index contributed by atoms with van der Waals surface area (Å²) < 4.78 is 5.72. The Morgan fingerprint density at radius 3 is 2.82 bits per heavy atom. The Balaban J connectivity index is 1.68. The van der Waals surface area contributed by atoms with Gasteiger partial charge in [0, 0.05) is 17.7 Å². The van der Waals surface area contributed by atoms with Crippen molar-refractivity contribution in [3.63, 3.8) is 0 Å². The summed E-state index contributed by atoms with van der Waals surface area (Å²) in [6, 6.07) is 0. The molecule has 2 bridgehead atoms. The van der Waals surface area contributed by atoms with Gasteiger partial charge in [0.05, 0.1) is 25.1 Å². The molecule has 0 atom stereocenters. The van der Waals surface area contributed by atoms with Gasteiger partial charge in [-0.3, -0.25) is 4.79 Å². The SMILES string of the molecule is O=C(CSCCO)NCC12CCC(CC1)OC2. The monoisotopic (exact) mass is 259 g/mol. The van der Waals surface area contributed by atoms with Crippen LogP contribution in [-0.2, 0) is 9.53 Å². The number of ether oxygens (including phenoxy) is 1. The van der Waals surface area contributed by atoms with Crippen molar-refractivity contribution in [3.05, 3.63) is 0 Å². The molecule has 0 unspecified atom stereocenters. The lowest BCUT2D eigenvalue weighted by molar-refractivity contribution is -0.126. The van der Waals surface area contributed by atoms with Gasteiger partial charge in [-0.1, -0.05) is 0 Å². The molecule has 5 heteroatoms. The van der Waals surface area contributed by atoms with Crippen molar-refractivity contribution in [1.29, 1.82) is 0 Å². The molecule has 17 heavy (non-hydrogen) atoms. The lowest BCUT2D eigenvalue weighted by atomic mass is 9.71. The highest BCUT2D eigenvalue weighted by Crippen LogP contribution is 2.42. The van der Waals surface area contributed by atoms with Crippen LogP contribution >= 0.6 is 11.8 Å². The van der Waals surface area contributed by atoms with Crippen molar-refractivity contribution in [2.45, 2.75) is 31.8 Å². The van der Waals surface area contributed by atoms with E-state index in [-0.39, 0.29) is 17.9 Å². The number of aliphatic hydroxyl groups excluding tert-OH is 1. The van der Waals surface area contributed by atoms with E-state index in [0.717, 1.165) is 26.0 Å². The quantitative estimate of drug-likeness (QED) is 0.692. The predicted octanol–water partition coefficient (Wildman–Crippen LogP) is 0.787. The van der Waals surface area contributed by atoms with Crippen LogP contribution in [0.1, 0.15) is 25.7 Å². The second-order valence-corrected chi connectivity index (χ2v) is 6.17. The van der Waals surface area contributed by atoms with Crippen LogP contribution in [0.25, 0.3) is 0 Å². The normalized spacial score (nSPS) is 31.5. The van der Waals surface area contributed by atoms with Gasteiger partial charge < -0.3 is 15.2 Å². The lowest BCUT2D eigenvalue weighted by Crippen LogP contribution is -2.49. The van der Waals surface area contributed by atoms with Crippen LogP contribution < -0.4 is 5.32 Å². The third-order valence-corrected chi connectivity index (χ3v) is 4.69. The van der Waals surface area contributed by atoms with E-state index in [0.29, 0.717) is 17.6 Å².